The van der Waals surface area contributed by atoms with E-state index in [1.807, 2.05) is 0 Å². The maximum atomic E-state index is 12.4. The predicted molar refractivity (Wildman–Crippen MR) is 50.7 cm³/mol. The Balaban J connectivity index is 3.46. The molecular weight excluding hydrogens is 318 g/mol. The van der Waals surface area contributed by atoms with Crippen molar-refractivity contribution in [1.82, 2.24) is 0 Å². The van der Waals surface area contributed by atoms with E-state index < -0.39 is 40.1 Å². The van der Waals surface area contributed by atoms with Gasteiger partial charge in [0.2, 0.25) is 0 Å². The van der Waals surface area contributed by atoms with Gasteiger partial charge in [-0.15, -0.1) is 0 Å². The Labute approximate surface area is 100 Å². The predicted octanol–water partition coefficient (Wildman–Crippen LogP) is 4.32. The smallest absolute Gasteiger partial charge is 0.419 e. The Bertz CT molecular complexity index is 423. The number of phenols is 1. The lowest BCUT2D eigenvalue weighted by molar-refractivity contribution is -0.142. The number of halogens is 7. The van der Waals surface area contributed by atoms with Gasteiger partial charge in [0.05, 0.1) is 11.1 Å². The molecule has 17 heavy (non-hydrogen) atoms. The zero-order valence-corrected chi connectivity index (χ0v) is 9.54. The zero-order valence-electron chi connectivity index (χ0n) is 7.95. The van der Waals surface area contributed by atoms with Gasteiger partial charge in [-0.1, -0.05) is 15.9 Å². The maximum Gasteiger partial charge on any atom is 0.419 e. The number of hydrogen-bond acceptors (Lipinski definition) is 1. The monoisotopic (exact) mass is 322 g/mol. The van der Waals surface area contributed by atoms with Gasteiger partial charge in [-0.05, 0) is 17.7 Å². The fourth-order valence-corrected chi connectivity index (χ4v) is 1.70. The van der Waals surface area contributed by atoms with E-state index >= 15 is 0 Å². The minimum absolute atomic E-state index is 0.0828. The van der Waals surface area contributed by atoms with Crippen molar-refractivity contribution in [1.29, 1.82) is 0 Å². The van der Waals surface area contributed by atoms with Gasteiger partial charge in [0, 0.05) is 5.33 Å². The van der Waals surface area contributed by atoms with Gasteiger partial charge in [0.25, 0.3) is 0 Å². The Morgan fingerprint density at radius 3 is 1.76 bits per heavy atom. The molecular formula is C9H5BrF6O. The first kappa shape index (κ1) is 14.1. The lowest BCUT2D eigenvalue weighted by Crippen LogP contribution is -2.12. The van der Waals surface area contributed by atoms with Crippen molar-refractivity contribution in [3.8, 4) is 5.75 Å². The molecule has 1 aromatic rings. The van der Waals surface area contributed by atoms with Gasteiger partial charge in [-0.2, -0.15) is 26.3 Å². The summed E-state index contributed by atoms with van der Waals surface area (Å²) in [6.45, 7) is 0. The summed E-state index contributed by atoms with van der Waals surface area (Å²) in [5.41, 5.74) is -3.36. The van der Waals surface area contributed by atoms with E-state index in [4.69, 9.17) is 5.11 Å². The molecule has 0 amide bonds. The fourth-order valence-electron chi connectivity index (χ4n) is 1.23. The van der Waals surface area contributed by atoms with E-state index in [1.165, 1.54) is 0 Å². The number of hydrogen-bond donors (Lipinski definition) is 1. The Kier molecular flexibility index (Phi) is 3.66. The van der Waals surface area contributed by atoms with Crippen molar-refractivity contribution in [3.63, 3.8) is 0 Å². The normalized spacial score (nSPS) is 12.9. The summed E-state index contributed by atoms with van der Waals surface area (Å²) in [6.07, 6.45) is -9.71. The van der Waals surface area contributed by atoms with E-state index in [0.717, 1.165) is 0 Å². The second kappa shape index (κ2) is 4.40. The number of benzene rings is 1. The van der Waals surface area contributed by atoms with Crippen LogP contribution in [0.4, 0.5) is 26.3 Å². The van der Waals surface area contributed by atoms with Crippen LogP contribution in [0, 0.1) is 0 Å². The van der Waals surface area contributed by atoms with E-state index in [2.05, 4.69) is 15.9 Å². The van der Waals surface area contributed by atoms with Crippen molar-refractivity contribution in [3.05, 3.63) is 28.8 Å². The van der Waals surface area contributed by atoms with Crippen molar-refractivity contribution in [2.75, 3.05) is 0 Å². The third-order valence-electron chi connectivity index (χ3n) is 1.98. The molecule has 0 aliphatic carbocycles. The molecule has 1 nitrogen and oxygen atoms in total. The second-order valence-electron chi connectivity index (χ2n) is 3.16. The molecule has 0 aromatic heterocycles. The molecule has 96 valence electrons. The average Bonchev–Trinajstić information content (AvgIpc) is 2.14. The molecule has 1 N–H and O–H groups in total. The maximum absolute atomic E-state index is 12.4. The lowest BCUT2D eigenvalue weighted by atomic mass is 10.0. The molecule has 8 heteroatoms. The molecule has 0 radical (unpaired) electrons. The van der Waals surface area contributed by atoms with Crippen molar-refractivity contribution >= 4 is 15.9 Å². The summed E-state index contributed by atoms with van der Waals surface area (Å²) in [4.78, 5) is 0. The highest BCUT2D eigenvalue weighted by Crippen LogP contribution is 2.42. The van der Waals surface area contributed by atoms with Crippen LogP contribution in [0.15, 0.2) is 12.1 Å². The third kappa shape index (κ3) is 3.05. The summed E-state index contributed by atoms with van der Waals surface area (Å²) in [5.74, 6) is -1.44. The number of rotatable bonds is 1. The van der Waals surface area contributed by atoms with Gasteiger partial charge in [-0.25, -0.2) is 0 Å². The van der Waals surface area contributed by atoms with Crippen LogP contribution < -0.4 is 0 Å². The van der Waals surface area contributed by atoms with Crippen LogP contribution >= 0.6 is 15.9 Å². The highest BCUT2D eigenvalue weighted by Gasteiger charge is 2.39. The van der Waals surface area contributed by atoms with Crippen LogP contribution in [0.3, 0.4) is 0 Å². The second-order valence-corrected chi connectivity index (χ2v) is 3.72. The standard InChI is InChI=1S/C9H5BrF6O/c10-3-4-1-6(9(14,15)16)7(17)2-5(4)8(11,12)13/h1-2,17H,3H2. The fraction of sp³-hybridized carbons (Fsp3) is 0.333. The number of alkyl halides is 7. The minimum atomic E-state index is -4.90. The Morgan fingerprint density at radius 2 is 1.41 bits per heavy atom. The van der Waals surface area contributed by atoms with Crippen LogP contribution in [0.2, 0.25) is 0 Å². The van der Waals surface area contributed by atoms with Crippen LogP contribution in [-0.4, -0.2) is 5.11 Å². The summed E-state index contributed by atoms with van der Waals surface area (Å²) in [6, 6.07) is 0.367. The quantitative estimate of drug-likeness (QED) is 0.603. The summed E-state index contributed by atoms with van der Waals surface area (Å²) in [5, 5.41) is 8.58. The summed E-state index contributed by atoms with van der Waals surface area (Å²) in [7, 11) is 0. The molecule has 0 bridgehead atoms. The molecule has 0 unspecified atom stereocenters. The summed E-state index contributed by atoms with van der Waals surface area (Å²) >= 11 is 2.68. The first-order valence-corrected chi connectivity index (χ1v) is 5.25. The molecule has 0 heterocycles. The van der Waals surface area contributed by atoms with Gasteiger partial charge in [0.1, 0.15) is 5.75 Å². The van der Waals surface area contributed by atoms with Crippen molar-refractivity contribution in [2.45, 2.75) is 17.7 Å². The van der Waals surface area contributed by atoms with Gasteiger partial charge >= 0.3 is 12.4 Å². The molecule has 0 saturated heterocycles. The Hall–Kier alpha value is -0.920. The largest absolute Gasteiger partial charge is 0.507 e. The third-order valence-corrected chi connectivity index (χ3v) is 2.58. The average molecular weight is 323 g/mol. The van der Waals surface area contributed by atoms with Crippen molar-refractivity contribution < 1.29 is 31.4 Å². The lowest BCUT2D eigenvalue weighted by Gasteiger charge is -2.15. The Morgan fingerprint density at radius 1 is 0.941 bits per heavy atom. The minimum Gasteiger partial charge on any atom is -0.507 e. The molecule has 1 rings (SSSR count). The van der Waals surface area contributed by atoms with E-state index in [0.29, 0.717) is 0 Å². The molecule has 0 fully saturated rings. The number of aromatic hydroxyl groups is 1. The van der Waals surface area contributed by atoms with Gasteiger partial charge in [0.15, 0.2) is 0 Å². The highest BCUT2D eigenvalue weighted by atomic mass is 79.9. The molecule has 1 aromatic carbocycles. The molecule has 0 spiro atoms. The molecule has 0 aliphatic rings. The van der Waals surface area contributed by atoms with Crippen molar-refractivity contribution in [2.24, 2.45) is 0 Å². The van der Waals surface area contributed by atoms with E-state index in [1.54, 1.807) is 0 Å². The zero-order chi connectivity index (χ0) is 13.4. The van der Waals surface area contributed by atoms with Crippen LogP contribution in [0.1, 0.15) is 16.7 Å². The molecule has 0 aliphatic heterocycles. The van der Waals surface area contributed by atoms with Gasteiger partial charge < -0.3 is 5.11 Å². The molecule has 0 saturated carbocycles. The van der Waals surface area contributed by atoms with Gasteiger partial charge in [-0.3, -0.25) is 0 Å². The van der Waals surface area contributed by atoms with Crippen LogP contribution in [0.5, 0.6) is 5.75 Å². The summed E-state index contributed by atoms with van der Waals surface area (Å²) < 4.78 is 74.3. The van der Waals surface area contributed by atoms with Crippen LogP contribution in [-0.2, 0) is 17.7 Å². The first-order valence-electron chi connectivity index (χ1n) is 4.13. The van der Waals surface area contributed by atoms with E-state index in [-0.39, 0.29) is 12.1 Å². The van der Waals surface area contributed by atoms with E-state index in [9.17, 15) is 26.3 Å². The first-order chi connectivity index (χ1) is 7.57. The van der Waals surface area contributed by atoms with Crippen LogP contribution in [0.25, 0.3) is 0 Å². The topological polar surface area (TPSA) is 20.2 Å². The highest BCUT2D eigenvalue weighted by molar-refractivity contribution is 9.08. The number of phenolic OH excluding ortho intramolecular Hbond substituents is 1. The SMILES string of the molecule is Oc1cc(C(F)(F)F)c(CBr)cc1C(F)(F)F. The molecule has 0 atom stereocenters.